The van der Waals surface area contributed by atoms with Gasteiger partial charge in [-0.2, -0.15) is 0 Å². The Kier molecular flexibility index (Phi) is 7.15. The van der Waals surface area contributed by atoms with E-state index < -0.39 is 10.0 Å². The Bertz CT molecular complexity index is 841. The monoisotopic (exact) mass is 405 g/mol. The van der Waals surface area contributed by atoms with Gasteiger partial charge in [0, 0.05) is 19.5 Å². The first-order chi connectivity index (χ1) is 13.5. The van der Waals surface area contributed by atoms with Gasteiger partial charge < -0.3 is 10.1 Å². The molecule has 0 atom stereocenters. The van der Waals surface area contributed by atoms with Gasteiger partial charge in [-0.3, -0.25) is 4.90 Å². The Morgan fingerprint density at radius 3 is 2.68 bits per heavy atom. The molecule has 0 saturated carbocycles. The maximum absolute atomic E-state index is 12.4. The van der Waals surface area contributed by atoms with E-state index in [1.165, 1.54) is 12.8 Å². The number of primary sulfonamides is 1. The molecule has 28 heavy (non-hydrogen) atoms. The fraction of sp³-hybridized carbons (Fsp3) is 0.524. The summed E-state index contributed by atoms with van der Waals surface area (Å²) in [5.74, 6) is 1.06. The number of rotatable bonds is 9. The number of ether oxygens (including phenoxy) is 1. The molecule has 1 aliphatic carbocycles. The molecule has 0 radical (unpaired) electrons. The number of hydrogen-bond acceptors (Lipinski definition) is 5. The van der Waals surface area contributed by atoms with E-state index in [1.54, 1.807) is 6.07 Å². The highest BCUT2D eigenvalue weighted by Crippen LogP contribution is 2.36. The molecule has 154 valence electrons. The molecule has 1 heterocycles. The molecule has 1 aromatic rings. The Hall–Kier alpha value is -1.83. The predicted octanol–water partition coefficient (Wildman–Crippen LogP) is 3.75. The minimum absolute atomic E-state index is 0.0543. The minimum Gasteiger partial charge on any atom is -0.458 e. The zero-order valence-corrected chi connectivity index (χ0v) is 17.4. The van der Waals surface area contributed by atoms with Gasteiger partial charge in [-0.15, -0.1) is 0 Å². The molecule has 0 aromatic heterocycles. The van der Waals surface area contributed by atoms with Crippen LogP contribution in [0, 0.1) is 0 Å². The third-order valence-corrected chi connectivity index (χ3v) is 6.00. The lowest BCUT2D eigenvalue weighted by Crippen LogP contribution is -2.20. The zero-order chi connectivity index (χ0) is 20.0. The SMILES string of the molecule is CCCCNc1cc(CN2CCCC2)cc(S(N)(=O)=O)c1OC1=CC=CCC1. The predicted molar refractivity (Wildman–Crippen MR) is 113 cm³/mol. The van der Waals surface area contributed by atoms with Crippen molar-refractivity contribution in [2.45, 2.75) is 56.9 Å². The van der Waals surface area contributed by atoms with Gasteiger partial charge in [-0.05, 0) is 62.5 Å². The van der Waals surface area contributed by atoms with Gasteiger partial charge >= 0.3 is 0 Å². The van der Waals surface area contributed by atoms with Gasteiger partial charge in [0.2, 0.25) is 10.0 Å². The Morgan fingerprint density at radius 1 is 1.25 bits per heavy atom. The molecule has 0 unspecified atom stereocenters. The first-order valence-electron chi connectivity index (χ1n) is 10.2. The second kappa shape index (κ2) is 9.58. The summed E-state index contributed by atoms with van der Waals surface area (Å²) < 4.78 is 30.9. The highest BCUT2D eigenvalue weighted by molar-refractivity contribution is 7.89. The number of hydrogen-bond donors (Lipinski definition) is 2. The van der Waals surface area contributed by atoms with E-state index in [4.69, 9.17) is 9.88 Å². The topological polar surface area (TPSA) is 84.7 Å². The fourth-order valence-electron chi connectivity index (χ4n) is 3.59. The van der Waals surface area contributed by atoms with E-state index in [2.05, 4.69) is 23.2 Å². The third-order valence-electron chi connectivity index (χ3n) is 5.08. The molecular weight excluding hydrogens is 374 g/mol. The normalized spacial score (nSPS) is 17.6. The summed E-state index contributed by atoms with van der Waals surface area (Å²) in [6.45, 7) is 5.68. The molecule has 1 saturated heterocycles. The lowest BCUT2D eigenvalue weighted by molar-refractivity contribution is 0.330. The maximum Gasteiger partial charge on any atom is 0.241 e. The van der Waals surface area contributed by atoms with E-state index in [0.717, 1.165) is 63.2 Å². The maximum atomic E-state index is 12.4. The number of likely N-dealkylation sites (tertiary alicyclic amines) is 1. The number of allylic oxidation sites excluding steroid dienone is 4. The summed E-state index contributed by atoms with van der Waals surface area (Å²) in [6, 6.07) is 3.68. The van der Waals surface area contributed by atoms with Crippen molar-refractivity contribution in [1.29, 1.82) is 0 Å². The van der Waals surface area contributed by atoms with Crippen LogP contribution < -0.4 is 15.2 Å². The van der Waals surface area contributed by atoms with Crippen LogP contribution in [0.1, 0.15) is 51.0 Å². The molecule has 6 nitrogen and oxygen atoms in total. The second-order valence-corrected chi connectivity index (χ2v) is 9.01. The third kappa shape index (κ3) is 5.59. The Morgan fingerprint density at radius 2 is 2.04 bits per heavy atom. The van der Waals surface area contributed by atoms with Crippen molar-refractivity contribution in [3.8, 4) is 5.75 Å². The van der Waals surface area contributed by atoms with Crippen molar-refractivity contribution in [3.05, 3.63) is 41.7 Å². The van der Waals surface area contributed by atoms with Gasteiger partial charge in [0.1, 0.15) is 10.7 Å². The van der Waals surface area contributed by atoms with Crippen molar-refractivity contribution in [1.82, 2.24) is 4.90 Å². The van der Waals surface area contributed by atoms with E-state index in [0.29, 0.717) is 11.4 Å². The number of nitrogens with zero attached hydrogens (tertiary/aromatic N) is 1. The summed E-state index contributed by atoms with van der Waals surface area (Å²) in [7, 11) is -3.92. The van der Waals surface area contributed by atoms with E-state index in [-0.39, 0.29) is 4.90 Å². The number of nitrogens with two attached hydrogens (primary N) is 1. The highest BCUT2D eigenvalue weighted by Gasteiger charge is 2.23. The van der Waals surface area contributed by atoms with Crippen molar-refractivity contribution in [2.24, 2.45) is 5.14 Å². The molecule has 1 fully saturated rings. The van der Waals surface area contributed by atoms with Crippen molar-refractivity contribution in [2.75, 3.05) is 25.0 Å². The summed E-state index contributed by atoms with van der Waals surface area (Å²) in [4.78, 5) is 2.39. The number of sulfonamides is 1. The van der Waals surface area contributed by atoms with Crippen LogP contribution in [0.4, 0.5) is 5.69 Å². The lowest BCUT2D eigenvalue weighted by atomic mass is 10.1. The molecule has 0 amide bonds. The van der Waals surface area contributed by atoms with Gasteiger partial charge in [-0.25, -0.2) is 13.6 Å². The largest absolute Gasteiger partial charge is 0.458 e. The number of benzene rings is 1. The van der Waals surface area contributed by atoms with E-state index in [1.807, 2.05) is 18.2 Å². The van der Waals surface area contributed by atoms with E-state index in [9.17, 15) is 8.42 Å². The summed E-state index contributed by atoms with van der Waals surface area (Å²) in [5, 5.41) is 8.95. The van der Waals surface area contributed by atoms with Crippen LogP contribution >= 0.6 is 0 Å². The lowest BCUT2D eigenvalue weighted by Gasteiger charge is -2.21. The van der Waals surface area contributed by atoms with Crippen LogP contribution in [0.5, 0.6) is 5.75 Å². The number of anilines is 1. The van der Waals surface area contributed by atoms with Crippen LogP contribution in [0.2, 0.25) is 0 Å². The van der Waals surface area contributed by atoms with Crippen LogP contribution in [-0.4, -0.2) is 33.0 Å². The molecule has 2 aliphatic rings. The van der Waals surface area contributed by atoms with Crippen molar-refractivity contribution < 1.29 is 13.2 Å². The smallest absolute Gasteiger partial charge is 0.241 e. The van der Waals surface area contributed by atoms with Crippen molar-refractivity contribution >= 4 is 15.7 Å². The molecule has 0 bridgehead atoms. The Labute approximate surface area is 168 Å². The van der Waals surface area contributed by atoms with Crippen LogP contribution in [0.15, 0.2) is 41.0 Å². The van der Waals surface area contributed by atoms with Gasteiger partial charge in [0.15, 0.2) is 5.75 Å². The van der Waals surface area contributed by atoms with Crippen molar-refractivity contribution in [3.63, 3.8) is 0 Å². The van der Waals surface area contributed by atoms with E-state index >= 15 is 0 Å². The second-order valence-electron chi connectivity index (χ2n) is 7.48. The van der Waals surface area contributed by atoms with Crippen LogP contribution in [0.3, 0.4) is 0 Å². The molecule has 1 aliphatic heterocycles. The molecule has 3 rings (SSSR count). The van der Waals surface area contributed by atoms with Crippen LogP contribution in [-0.2, 0) is 16.6 Å². The molecular formula is C21H31N3O3S. The van der Waals surface area contributed by atoms with Gasteiger partial charge in [-0.1, -0.05) is 25.5 Å². The first-order valence-corrected chi connectivity index (χ1v) is 11.7. The van der Waals surface area contributed by atoms with Gasteiger partial charge in [0.25, 0.3) is 0 Å². The quantitative estimate of drug-likeness (QED) is 0.611. The minimum atomic E-state index is -3.92. The number of unbranched alkanes of at least 4 members (excludes halogenated alkanes) is 1. The number of nitrogens with one attached hydrogen (secondary N) is 1. The summed E-state index contributed by atoms with van der Waals surface area (Å²) in [5.41, 5.74) is 1.64. The average Bonchev–Trinajstić information content (AvgIpc) is 3.16. The summed E-state index contributed by atoms with van der Waals surface area (Å²) >= 11 is 0. The molecule has 1 aromatic carbocycles. The average molecular weight is 406 g/mol. The van der Waals surface area contributed by atoms with Crippen LogP contribution in [0.25, 0.3) is 0 Å². The Balaban J connectivity index is 1.99. The highest BCUT2D eigenvalue weighted by atomic mass is 32.2. The zero-order valence-electron chi connectivity index (χ0n) is 16.6. The summed E-state index contributed by atoms with van der Waals surface area (Å²) in [6.07, 6.45) is 11.9. The molecule has 0 spiro atoms. The first kappa shape index (κ1) is 20.9. The standard InChI is InChI=1S/C21H31N3O3S/c1-2-3-11-23-19-14-17(16-24-12-7-8-13-24)15-20(28(22,25)26)21(19)27-18-9-5-4-6-10-18/h4-5,9,14-15,23H,2-3,6-8,10-13,16H2,1H3,(H2,22,25,26). The molecule has 7 heteroatoms. The molecule has 3 N–H and O–H groups in total. The van der Waals surface area contributed by atoms with Gasteiger partial charge in [0.05, 0.1) is 5.69 Å². The fourth-order valence-corrected chi connectivity index (χ4v) is 4.32.